The topological polar surface area (TPSA) is 83.8 Å². The fraction of sp³-hybridized carbons (Fsp3) is 0.500. The normalized spacial score (nSPS) is 13.2. The summed E-state index contributed by atoms with van der Waals surface area (Å²) in [5.74, 6) is 2.07. The van der Waals surface area contributed by atoms with Crippen LogP contribution >= 0.6 is 7.60 Å². The number of carbonyl (C=O) groups excluding carboxylic acids is 1. The average molecular weight is 192 g/mol. The Kier molecular flexibility index (Phi) is 3.98. The first-order chi connectivity index (χ1) is 5.41. The highest BCUT2D eigenvalue weighted by Gasteiger charge is 2.29. The molecule has 2 N–H and O–H groups in total. The highest BCUT2D eigenvalue weighted by molar-refractivity contribution is 7.69. The summed E-state index contributed by atoms with van der Waals surface area (Å²) in [5.41, 5.74) is -1.58. The van der Waals surface area contributed by atoms with Gasteiger partial charge in [-0.05, 0) is 6.42 Å². The molecule has 6 heteroatoms. The first-order valence-electron chi connectivity index (χ1n) is 3.14. The van der Waals surface area contributed by atoms with E-state index in [0.29, 0.717) is 6.42 Å². The lowest BCUT2D eigenvalue weighted by atomic mass is 10.3. The Hall–Kier alpha value is -0.820. The van der Waals surface area contributed by atoms with Crippen LogP contribution in [0.1, 0.15) is 13.3 Å². The van der Waals surface area contributed by atoms with Crippen LogP contribution in [-0.2, 0) is 9.30 Å². The maximum atomic E-state index is 10.5. The summed E-state index contributed by atoms with van der Waals surface area (Å²) < 4.78 is 14.5. The van der Waals surface area contributed by atoms with E-state index in [9.17, 15) is 9.36 Å². The minimum absolute atomic E-state index is 0.322. The highest BCUT2D eigenvalue weighted by Crippen LogP contribution is 2.37. The maximum absolute atomic E-state index is 10.5. The van der Waals surface area contributed by atoms with Gasteiger partial charge >= 0.3 is 13.3 Å². The van der Waals surface area contributed by atoms with Crippen molar-refractivity contribution in [2.45, 2.75) is 19.4 Å². The quantitative estimate of drug-likeness (QED) is 0.508. The third kappa shape index (κ3) is 3.54. The lowest BCUT2D eigenvalue weighted by molar-refractivity contribution is 0.138. The van der Waals surface area contributed by atoms with Gasteiger partial charge < -0.3 is 14.5 Å². The SMILES string of the molecule is C#CC(CC)OC(=O)P(=O)(O)O. The summed E-state index contributed by atoms with van der Waals surface area (Å²) in [4.78, 5) is 27.1. The Bertz CT molecular complexity index is 247. The zero-order valence-electron chi connectivity index (χ0n) is 6.43. The monoisotopic (exact) mass is 192 g/mol. The molecule has 0 bridgehead atoms. The molecule has 0 heterocycles. The molecule has 0 radical (unpaired) electrons. The van der Waals surface area contributed by atoms with E-state index in [-0.39, 0.29) is 0 Å². The van der Waals surface area contributed by atoms with Gasteiger partial charge in [0.2, 0.25) is 0 Å². The van der Waals surface area contributed by atoms with E-state index >= 15 is 0 Å². The fourth-order valence-electron chi connectivity index (χ4n) is 0.426. The van der Waals surface area contributed by atoms with Crippen LogP contribution in [0.15, 0.2) is 0 Å². The summed E-state index contributed by atoms with van der Waals surface area (Å²) >= 11 is 0. The van der Waals surface area contributed by atoms with Gasteiger partial charge in [-0.15, -0.1) is 6.42 Å². The lowest BCUT2D eigenvalue weighted by Gasteiger charge is -2.09. The zero-order valence-corrected chi connectivity index (χ0v) is 7.32. The van der Waals surface area contributed by atoms with Gasteiger partial charge in [0.1, 0.15) is 0 Å². The van der Waals surface area contributed by atoms with Crippen molar-refractivity contribution < 1.29 is 23.9 Å². The van der Waals surface area contributed by atoms with Crippen molar-refractivity contribution in [2.75, 3.05) is 0 Å². The Morgan fingerprint density at radius 2 is 2.25 bits per heavy atom. The summed E-state index contributed by atoms with van der Waals surface area (Å²) in [7, 11) is -4.79. The summed E-state index contributed by atoms with van der Waals surface area (Å²) in [6, 6.07) is 0. The molecule has 12 heavy (non-hydrogen) atoms. The lowest BCUT2D eigenvalue weighted by Crippen LogP contribution is -2.14. The van der Waals surface area contributed by atoms with Crippen molar-refractivity contribution in [1.29, 1.82) is 0 Å². The molecule has 0 saturated carbocycles. The number of hydrogen-bond donors (Lipinski definition) is 2. The van der Waals surface area contributed by atoms with Gasteiger partial charge in [-0.2, -0.15) is 0 Å². The molecule has 0 amide bonds. The molecule has 0 aliphatic rings. The number of ether oxygens (including phenoxy) is 1. The van der Waals surface area contributed by atoms with Crippen molar-refractivity contribution in [3.8, 4) is 12.3 Å². The fourth-order valence-corrected chi connectivity index (χ4v) is 0.690. The molecular formula is C6H9O5P. The van der Waals surface area contributed by atoms with Crippen LogP contribution in [0.25, 0.3) is 0 Å². The molecule has 0 aliphatic heterocycles. The molecule has 0 saturated heterocycles. The van der Waals surface area contributed by atoms with Crippen LogP contribution in [0, 0.1) is 12.3 Å². The van der Waals surface area contributed by atoms with Gasteiger partial charge in [0.15, 0.2) is 6.10 Å². The number of hydrogen-bond acceptors (Lipinski definition) is 3. The van der Waals surface area contributed by atoms with E-state index in [2.05, 4.69) is 10.7 Å². The molecule has 0 fully saturated rings. The molecule has 0 aromatic carbocycles. The Morgan fingerprint density at radius 3 is 2.50 bits per heavy atom. The van der Waals surface area contributed by atoms with Crippen LogP contribution in [0.3, 0.4) is 0 Å². The van der Waals surface area contributed by atoms with E-state index in [1.165, 1.54) is 0 Å². The largest absolute Gasteiger partial charge is 0.440 e. The molecule has 0 aromatic heterocycles. The van der Waals surface area contributed by atoms with E-state index in [1.807, 2.05) is 0 Å². The van der Waals surface area contributed by atoms with Crippen molar-refractivity contribution in [3.63, 3.8) is 0 Å². The predicted molar refractivity (Wildman–Crippen MR) is 41.4 cm³/mol. The van der Waals surface area contributed by atoms with Gasteiger partial charge in [0, 0.05) is 0 Å². The van der Waals surface area contributed by atoms with Crippen LogP contribution in [0.2, 0.25) is 0 Å². The molecular weight excluding hydrogens is 183 g/mol. The van der Waals surface area contributed by atoms with Crippen LogP contribution < -0.4 is 0 Å². The Labute approximate surface area is 69.9 Å². The molecule has 0 aliphatic carbocycles. The highest BCUT2D eigenvalue weighted by atomic mass is 31.2. The summed E-state index contributed by atoms with van der Waals surface area (Å²) in [5, 5.41) is 0. The number of terminal acetylenes is 1. The van der Waals surface area contributed by atoms with Gasteiger partial charge in [0.05, 0.1) is 0 Å². The number of rotatable bonds is 3. The second-order valence-electron chi connectivity index (χ2n) is 1.99. The summed E-state index contributed by atoms with van der Waals surface area (Å²) in [6.45, 7) is 1.64. The number of carbonyl (C=O) groups is 1. The van der Waals surface area contributed by atoms with E-state index < -0.39 is 19.4 Å². The molecule has 68 valence electrons. The van der Waals surface area contributed by atoms with Crippen LogP contribution in [0.5, 0.6) is 0 Å². The first kappa shape index (κ1) is 11.2. The first-order valence-corrected chi connectivity index (χ1v) is 4.76. The second-order valence-corrected chi connectivity index (χ2v) is 3.44. The van der Waals surface area contributed by atoms with Crippen molar-refractivity contribution in [3.05, 3.63) is 0 Å². The minimum atomic E-state index is -4.79. The average Bonchev–Trinajstić information content (AvgIpc) is 1.97. The van der Waals surface area contributed by atoms with E-state index in [4.69, 9.17) is 16.2 Å². The third-order valence-electron chi connectivity index (χ3n) is 1.04. The second kappa shape index (κ2) is 4.27. The van der Waals surface area contributed by atoms with E-state index in [0.717, 1.165) is 0 Å². The third-order valence-corrected chi connectivity index (χ3v) is 1.62. The Balaban J connectivity index is 4.21. The minimum Gasteiger partial charge on any atom is -0.440 e. The Morgan fingerprint density at radius 1 is 1.75 bits per heavy atom. The van der Waals surface area contributed by atoms with Crippen molar-refractivity contribution in [2.24, 2.45) is 0 Å². The molecule has 1 unspecified atom stereocenters. The van der Waals surface area contributed by atoms with E-state index in [1.54, 1.807) is 6.92 Å². The maximum Gasteiger partial charge on any atom is 0.433 e. The zero-order chi connectivity index (χ0) is 9.78. The van der Waals surface area contributed by atoms with Crippen LogP contribution in [-0.4, -0.2) is 21.6 Å². The molecule has 1 atom stereocenters. The molecule has 0 aromatic rings. The molecule has 5 nitrogen and oxygen atoms in total. The summed E-state index contributed by atoms with van der Waals surface area (Å²) in [6.07, 6.45) is 4.35. The standard InChI is InChI=1S/C6H9O5P/c1-3-5(4-2)11-6(7)12(8,9)10/h1,5H,4H2,2H3,(H2,8,9,10). The van der Waals surface area contributed by atoms with Gasteiger partial charge in [-0.3, -0.25) is 0 Å². The van der Waals surface area contributed by atoms with Gasteiger partial charge in [-0.25, -0.2) is 9.36 Å². The molecule has 0 spiro atoms. The van der Waals surface area contributed by atoms with Gasteiger partial charge in [0.25, 0.3) is 0 Å². The predicted octanol–water partition coefficient (Wildman–Crippen LogP) is 0.712. The molecule has 0 rings (SSSR count). The smallest absolute Gasteiger partial charge is 0.433 e. The van der Waals surface area contributed by atoms with Gasteiger partial charge in [-0.1, -0.05) is 12.8 Å². The van der Waals surface area contributed by atoms with Crippen LogP contribution in [0.4, 0.5) is 4.79 Å². The van der Waals surface area contributed by atoms with Crippen molar-refractivity contribution >= 4 is 13.3 Å². The van der Waals surface area contributed by atoms with Crippen molar-refractivity contribution in [1.82, 2.24) is 0 Å².